The Kier molecular flexibility index (Phi) is 9.29. The average Bonchev–Trinajstić information content (AvgIpc) is 2.93. The van der Waals surface area contributed by atoms with E-state index in [4.69, 9.17) is 11.6 Å². The largest absolute Gasteiger partial charge is 0.506 e. The summed E-state index contributed by atoms with van der Waals surface area (Å²) in [5.74, 6) is -0.942. The highest BCUT2D eigenvalue weighted by molar-refractivity contribution is 6.32. The number of hydrogen-bond donors (Lipinski definition) is 1. The minimum Gasteiger partial charge on any atom is -0.506 e. The summed E-state index contributed by atoms with van der Waals surface area (Å²) in [6.07, 6.45) is -8.45. The van der Waals surface area contributed by atoms with Crippen LogP contribution in [0.25, 0.3) is 0 Å². The second kappa shape index (κ2) is 12.3. The number of nitrogens with zero attached hydrogens (tertiary/aromatic N) is 4. The zero-order valence-electron chi connectivity index (χ0n) is 22.6. The summed E-state index contributed by atoms with van der Waals surface area (Å²) < 4.78 is 122. The van der Waals surface area contributed by atoms with Crippen LogP contribution >= 0.6 is 11.6 Å². The lowest BCUT2D eigenvalue weighted by molar-refractivity contribution is -0.143. The van der Waals surface area contributed by atoms with E-state index in [2.05, 4.69) is 14.9 Å². The minimum absolute atomic E-state index is 0.0275. The molecule has 4 rings (SSSR count). The molecule has 0 spiro atoms. The molecule has 1 saturated heterocycles. The van der Waals surface area contributed by atoms with Crippen molar-refractivity contribution in [1.82, 2.24) is 9.97 Å². The lowest BCUT2D eigenvalue weighted by atomic mass is 10.00. The fraction of sp³-hybridized carbons (Fsp3) is 0.429. The summed E-state index contributed by atoms with van der Waals surface area (Å²) in [5.41, 5.74) is -4.55. The van der Waals surface area contributed by atoms with Gasteiger partial charge in [-0.15, -0.1) is 0 Å². The molecule has 0 radical (unpaired) electrons. The van der Waals surface area contributed by atoms with Gasteiger partial charge in [0.1, 0.15) is 5.75 Å². The first-order valence-electron chi connectivity index (χ1n) is 13.2. The van der Waals surface area contributed by atoms with Crippen molar-refractivity contribution < 1.29 is 44.6 Å². The van der Waals surface area contributed by atoms with Gasteiger partial charge in [-0.2, -0.15) is 39.5 Å². The van der Waals surface area contributed by atoms with Crippen LogP contribution in [0.5, 0.6) is 5.75 Å². The summed E-state index contributed by atoms with van der Waals surface area (Å²) >= 11 is 5.84. The summed E-state index contributed by atoms with van der Waals surface area (Å²) in [7, 11) is 0. The first-order valence-corrected chi connectivity index (χ1v) is 13.6. The van der Waals surface area contributed by atoms with E-state index in [1.165, 1.54) is 12.4 Å². The number of rotatable bonds is 7. The molecule has 1 aromatic heterocycles. The van der Waals surface area contributed by atoms with Crippen molar-refractivity contribution in [1.29, 1.82) is 0 Å². The zero-order valence-corrected chi connectivity index (χ0v) is 23.3. The smallest absolute Gasteiger partial charge is 0.416 e. The number of aromatic nitrogens is 2. The molecule has 43 heavy (non-hydrogen) atoms. The van der Waals surface area contributed by atoms with Crippen molar-refractivity contribution in [2.45, 2.75) is 70.3 Å². The third-order valence-corrected chi connectivity index (χ3v) is 7.48. The van der Waals surface area contributed by atoms with E-state index in [-0.39, 0.29) is 18.1 Å². The van der Waals surface area contributed by atoms with Crippen molar-refractivity contribution in [3.05, 3.63) is 75.6 Å². The molecule has 1 aliphatic heterocycles. The van der Waals surface area contributed by atoms with Crippen LogP contribution in [0.4, 0.5) is 51.1 Å². The van der Waals surface area contributed by atoms with E-state index in [0.29, 0.717) is 30.0 Å². The van der Waals surface area contributed by atoms with Gasteiger partial charge in [0.2, 0.25) is 5.95 Å². The van der Waals surface area contributed by atoms with E-state index in [0.717, 1.165) is 37.1 Å². The molecule has 1 fully saturated rings. The van der Waals surface area contributed by atoms with Crippen molar-refractivity contribution in [3.8, 4) is 5.75 Å². The third kappa shape index (κ3) is 7.76. The van der Waals surface area contributed by atoms with Crippen molar-refractivity contribution in [3.63, 3.8) is 0 Å². The molecule has 1 atom stereocenters. The van der Waals surface area contributed by atoms with Crippen LogP contribution in [0, 0.1) is 0 Å². The van der Waals surface area contributed by atoms with Gasteiger partial charge in [0, 0.05) is 31.2 Å². The van der Waals surface area contributed by atoms with E-state index < -0.39 is 70.2 Å². The fourth-order valence-electron chi connectivity index (χ4n) is 5.07. The maximum absolute atomic E-state index is 13.5. The number of benzene rings is 2. The van der Waals surface area contributed by atoms with Crippen molar-refractivity contribution in [2.75, 3.05) is 16.3 Å². The number of halogens is 10. The van der Waals surface area contributed by atoms with E-state index in [1.54, 1.807) is 0 Å². The topological polar surface area (TPSA) is 52.5 Å². The Bertz CT molecular complexity index is 1390. The van der Waals surface area contributed by atoms with Gasteiger partial charge in [0.25, 0.3) is 0 Å². The molecule has 1 N–H and O–H groups in total. The van der Waals surface area contributed by atoms with Gasteiger partial charge >= 0.3 is 18.5 Å². The highest BCUT2D eigenvalue weighted by Gasteiger charge is 2.37. The molecule has 0 bridgehead atoms. The van der Waals surface area contributed by atoms with Crippen LogP contribution in [0.3, 0.4) is 0 Å². The molecule has 3 aromatic rings. The molecule has 1 aliphatic rings. The lowest BCUT2D eigenvalue weighted by Gasteiger charge is -2.36. The number of piperidine rings is 1. The Morgan fingerprint density at radius 1 is 0.837 bits per heavy atom. The molecule has 2 aromatic carbocycles. The Balaban J connectivity index is 1.78. The summed E-state index contributed by atoms with van der Waals surface area (Å²) in [4.78, 5) is 11.7. The van der Waals surface area contributed by atoms with Crippen molar-refractivity contribution in [2.24, 2.45) is 0 Å². The maximum atomic E-state index is 13.5. The van der Waals surface area contributed by atoms with E-state index in [9.17, 15) is 44.6 Å². The molecular formula is C28H26ClF9N4O. The van der Waals surface area contributed by atoms with E-state index in [1.807, 2.05) is 6.92 Å². The Morgan fingerprint density at radius 3 is 1.93 bits per heavy atom. The van der Waals surface area contributed by atoms with Crippen LogP contribution < -0.4 is 9.80 Å². The molecular weight excluding hydrogens is 615 g/mol. The van der Waals surface area contributed by atoms with Crippen LogP contribution in [0.15, 0.2) is 42.7 Å². The average molecular weight is 641 g/mol. The molecule has 0 amide bonds. The van der Waals surface area contributed by atoms with Crippen molar-refractivity contribution >= 4 is 23.2 Å². The molecule has 234 valence electrons. The standard InChI is InChI=1S/C28H26ClF9N4O/c1-2-21-5-3-4-6-42(21)22-12-39-25(40-13-22)41(15-17-9-20(28(36,37)38)11-23(29)24(17)43)14-16-7-18(26(30,31)32)10-19(8-16)27(33,34)35/h7-13,21,43H,2-6,14-15H2,1H3. The molecule has 15 heteroatoms. The normalized spacial score (nSPS) is 16.4. The highest BCUT2D eigenvalue weighted by atomic mass is 35.5. The second-order valence-electron chi connectivity index (χ2n) is 10.2. The molecule has 0 aliphatic carbocycles. The maximum Gasteiger partial charge on any atom is 0.416 e. The zero-order chi connectivity index (χ0) is 31.7. The molecule has 1 unspecified atom stereocenters. The second-order valence-corrected chi connectivity index (χ2v) is 10.6. The minimum atomic E-state index is -5.11. The highest BCUT2D eigenvalue weighted by Crippen LogP contribution is 2.39. The van der Waals surface area contributed by atoms with Crippen LogP contribution in [0.2, 0.25) is 5.02 Å². The number of phenolic OH excluding ortho intramolecular Hbond substituents is 1. The number of anilines is 2. The first-order chi connectivity index (χ1) is 20.0. The number of aromatic hydroxyl groups is 1. The summed E-state index contributed by atoms with van der Waals surface area (Å²) in [6, 6.07) is 2.30. The van der Waals surface area contributed by atoms with Gasteiger partial charge < -0.3 is 14.9 Å². The summed E-state index contributed by atoms with van der Waals surface area (Å²) in [6.45, 7) is 1.44. The van der Waals surface area contributed by atoms with Gasteiger partial charge in [-0.3, -0.25) is 0 Å². The van der Waals surface area contributed by atoms with Gasteiger partial charge in [-0.05, 0) is 61.6 Å². The van der Waals surface area contributed by atoms with Crippen LogP contribution in [0.1, 0.15) is 60.4 Å². The molecule has 0 saturated carbocycles. The first kappa shape index (κ1) is 32.5. The monoisotopic (exact) mass is 640 g/mol. The lowest BCUT2D eigenvalue weighted by Crippen LogP contribution is -2.39. The summed E-state index contributed by atoms with van der Waals surface area (Å²) in [5, 5.41) is 9.81. The van der Waals surface area contributed by atoms with Gasteiger partial charge in [0.15, 0.2) is 0 Å². The third-order valence-electron chi connectivity index (χ3n) is 7.19. The van der Waals surface area contributed by atoms with Gasteiger partial charge in [0.05, 0.1) is 39.8 Å². The number of hydrogen-bond acceptors (Lipinski definition) is 5. The van der Waals surface area contributed by atoms with E-state index >= 15 is 0 Å². The van der Waals surface area contributed by atoms with Gasteiger partial charge in [-0.25, -0.2) is 9.97 Å². The van der Waals surface area contributed by atoms with Crippen LogP contribution in [-0.2, 0) is 31.6 Å². The number of phenols is 1. The quantitative estimate of drug-likeness (QED) is 0.262. The fourth-order valence-corrected chi connectivity index (χ4v) is 5.30. The number of alkyl halides is 9. The Morgan fingerprint density at radius 2 is 1.40 bits per heavy atom. The van der Waals surface area contributed by atoms with Gasteiger partial charge in [-0.1, -0.05) is 18.5 Å². The SMILES string of the molecule is CCC1CCCCN1c1cnc(N(Cc2cc(C(F)(F)F)cc(C(F)(F)F)c2)Cc2cc(C(F)(F)F)cc(Cl)c2O)nc1. The molecule has 5 nitrogen and oxygen atoms in total. The Hall–Kier alpha value is -3.42. The predicted molar refractivity (Wildman–Crippen MR) is 142 cm³/mol. The predicted octanol–water partition coefficient (Wildman–Crippen LogP) is 8.87. The Labute approximate surface area is 245 Å². The van der Waals surface area contributed by atoms with Crippen LogP contribution in [-0.4, -0.2) is 27.7 Å². The molecule has 2 heterocycles.